The zero-order valence-electron chi connectivity index (χ0n) is 11.0. The Kier molecular flexibility index (Phi) is 4.79. The minimum absolute atomic E-state index is 0.00655. The minimum Gasteiger partial charge on any atom is -0.452 e. The number of esters is 1. The van der Waals surface area contributed by atoms with Crippen LogP contribution >= 0.6 is 11.6 Å². The number of halogens is 1. The number of carbonyl (C=O) groups excluding carboxylic acids is 2. The zero-order chi connectivity index (χ0) is 14.5. The number of anilines is 1. The molecule has 0 saturated carbocycles. The first kappa shape index (κ1) is 14.6. The predicted molar refractivity (Wildman–Crippen MR) is 74.4 cm³/mol. The first-order valence-corrected chi connectivity index (χ1v) is 6.82. The Balaban J connectivity index is 1.89. The highest BCUT2D eigenvalue weighted by Crippen LogP contribution is 2.15. The van der Waals surface area contributed by atoms with Gasteiger partial charge in [0.05, 0.1) is 0 Å². The van der Waals surface area contributed by atoms with Crippen molar-refractivity contribution in [3.05, 3.63) is 22.8 Å². The molecule has 6 nitrogen and oxygen atoms in total. The molecule has 0 bridgehead atoms. The summed E-state index contributed by atoms with van der Waals surface area (Å²) >= 11 is 5.65. The van der Waals surface area contributed by atoms with Crippen LogP contribution in [-0.4, -0.2) is 41.5 Å². The molecule has 1 aliphatic rings. The van der Waals surface area contributed by atoms with Gasteiger partial charge in [-0.1, -0.05) is 11.6 Å². The molecular weight excluding hydrogens is 282 g/mol. The number of piperidine rings is 1. The van der Waals surface area contributed by atoms with Gasteiger partial charge in [0.2, 0.25) is 0 Å². The maximum atomic E-state index is 11.9. The zero-order valence-corrected chi connectivity index (χ0v) is 11.7. The van der Waals surface area contributed by atoms with Gasteiger partial charge in [-0.15, -0.1) is 0 Å². The Morgan fingerprint density at radius 2 is 2.00 bits per heavy atom. The number of rotatable bonds is 3. The molecular formula is C13H16ClN3O3. The summed E-state index contributed by atoms with van der Waals surface area (Å²) in [5.74, 6) is -0.858. The van der Waals surface area contributed by atoms with E-state index in [1.54, 1.807) is 4.90 Å². The number of hydrogen-bond acceptors (Lipinski definition) is 5. The molecule has 0 atom stereocenters. The molecule has 1 fully saturated rings. The fourth-order valence-corrected chi connectivity index (χ4v) is 2.22. The quantitative estimate of drug-likeness (QED) is 0.675. The smallest absolute Gasteiger partial charge is 0.342 e. The summed E-state index contributed by atoms with van der Waals surface area (Å²) in [5.41, 5.74) is 5.69. The van der Waals surface area contributed by atoms with Gasteiger partial charge in [0, 0.05) is 13.1 Å². The monoisotopic (exact) mass is 297 g/mol. The summed E-state index contributed by atoms with van der Waals surface area (Å²) in [6.07, 6.45) is 3.12. The van der Waals surface area contributed by atoms with E-state index >= 15 is 0 Å². The van der Waals surface area contributed by atoms with Crippen molar-refractivity contribution in [1.82, 2.24) is 9.88 Å². The average molecular weight is 298 g/mol. The highest BCUT2D eigenvalue weighted by atomic mass is 35.5. The van der Waals surface area contributed by atoms with Crippen LogP contribution < -0.4 is 5.73 Å². The first-order valence-electron chi connectivity index (χ1n) is 6.45. The number of hydrogen-bond donors (Lipinski definition) is 1. The van der Waals surface area contributed by atoms with E-state index in [-0.39, 0.29) is 29.0 Å². The summed E-state index contributed by atoms with van der Waals surface area (Å²) in [5, 5.41) is 0.198. The van der Waals surface area contributed by atoms with E-state index in [2.05, 4.69) is 4.98 Å². The van der Waals surface area contributed by atoms with E-state index in [1.165, 1.54) is 12.1 Å². The Labute approximate surface area is 121 Å². The van der Waals surface area contributed by atoms with Gasteiger partial charge in [-0.05, 0) is 31.4 Å². The fraction of sp³-hybridized carbons (Fsp3) is 0.462. The summed E-state index contributed by atoms with van der Waals surface area (Å²) in [6.45, 7) is 1.17. The normalized spacial score (nSPS) is 14.9. The molecule has 2 heterocycles. The second-order valence-electron chi connectivity index (χ2n) is 4.58. The average Bonchev–Trinajstić information content (AvgIpc) is 2.45. The van der Waals surface area contributed by atoms with Crippen molar-refractivity contribution in [3.63, 3.8) is 0 Å². The number of nitrogens with zero attached hydrogens (tertiary/aromatic N) is 2. The molecule has 0 aliphatic carbocycles. The molecule has 1 aromatic rings. The fourth-order valence-electron chi connectivity index (χ4n) is 2.06. The van der Waals surface area contributed by atoms with Crippen molar-refractivity contribution < 1.29 is 14.3 Å². The van der Waals surface area contributed by atoms with Gasteiger partial charge in [0.25, 0.3) is 5.91 Å². The Morgan fingerprint density at radius 1 is 1.30 bits per heavy atom. The second kappa shape index (κ2) is 6.56. The van der Waals surface area contributed by atoms with Crippen LogP contribution in [0.3, 0.4) is 0 Å². The third-order valence-electron chi connectivity index (χ3n) is 3.15. The van der Waals surface area contributed by atoms with Gasteiger partial charge in [-0.2, -0.15) is 0 Å². The third kappa shape index (κ3) is 3.60. The van der Waals surface area contributed by atoms with E-state index in [0.29, 0.717) is 0 Å². The van der Waals surface area contributed by atoms with E-state index in [4.69, 9.17) is 22.1 Å². The van der Waals surface area contributed by atoms with Crippen molar-refractivity contribution in [1.29, 1.82) is 0 Å². The van der Waals surface area contributed by atoms with Gasteiger partial charge in [-0.3, -0.25) is 4.79 Å². The largest absolute Gasteiger partial charge is 0.452 e. The molecule has 0 unspecified atom stereocenters. The maximum Gasteiger partial charge on any atom is 0.342 e. The van der Waals surface area contributed by atoms with Crippen molar-refractivity contribution in [2.45, 2.75) is 19.3 Å². The first-order chi connectivity index (χ1) is 9.58. The number of nitrogens with two attached hydrogens (primary N) is 1. The molecule has 108 valence electrons. The standard InChI is InChI=1S/C13H16ClN3O3/c14-10-5-4-9(12(15)16-10)13(19)20-8-11(18)17-6-2-1-3-7-17/h4-5H,1-3,6-8H2,(H2,15,16). The topological polar surface area (TPSA) is 85.5 Å². The molecule has 0 spiro atoms. The molecule has 1 amide bonds. The molecule has 1 aliphatic heterocycles. The lowest BCUT2D eigenvalue weighted by Gasteiger charge is -2.26. The van der Waals surface area contributed by atoms with E-state index in [9.17, 15) is 9.59 Å². The lowest BCUT2D eigenvalue weighted by atomic mass is 10.1. The van der Waals surface area contributed by atoms with Gasteiger partial charge in [0.15, 0.2) is 6.61 Å². The number of aromatic nitrogens is 1. The van der Waals surface area contributed by atoms with Crippen LogP contribution in [0.2, 0.25) is 5.15 Å². The molecule has 0 aromatic carbocycles. The van der Waals surface area contributed by atoms with Crippen molar-refractivity contribution in [3.8, 4) is 0 Å². The minimum atomic E-state index is -0.669. The van der Waals surface area contributed by atoms with Crippen LogP contribution in [0.4, 0.5) is 5.82 Å². The lowest BCUT2D eigenvalue weighted by molar-refractivity contribution is -0.135. The van der Waals surface area contributed by atoms with Crippen LogP contribution in [-0.2, 0) is 9.53 Å². The molecule has 7 heteroatoms. The molecule has 2 N–H and O–H groups in total. The molecule has 1 aromatic heterocycles. The number of ether oxygens (including phenoxy) is 1. The summed E-state index contributed by atoms with van der Waals surface area (Å²) in [7, 11) is 0. The number of pyridine rings is 1. The van der Waals surface area contributed by atoms with Crippen LogP contribution in [0.25, 0.3) is 0 Å². The third-order valence-corrected chi connectivity index (χ3v) is 3.36. The molecule has 2 rings (SSSR count). The van der Waals surface area contributed by atoms with Gasteiger partial charge < -0.3 is 15.4 Å². The molecule has 1 saturated heterocycles. The van der Waals surface area contributed by atoms with Crippen LogP contribution in [0.1, 0.15) is 29.6 Å². The molecule has 20 heavy (non-hydrogen) atoms. The van der Waals surface area contributed by atoms with Gasteiger partial charge in [-0.25, -0.2) is 9.78 Å². The highest BCUT2D eigenvalue weighted by Gasteiger charge is 2.19. The summed E-state index contributed by atoms with van der Waals surface area (Å²) in [6, 6.07) is 2.87. The summed E-state index contributed by atoms with van der Waals surface area (Å²) in [4.78, 5) is 29.1. The molecule has 0 radical (unpaired) electrons. The van der Waals surface area contributed by atoms with Crippen LogP contribution in [0.15, 0.2) is 12.1 Å². The van der Waals surface area contributed by atoms with Gasteiger partial charge >= 0.3 is 5.97 Å². The highest BCUT2D eigenvalue weighted by molar-refractivity contribution is 6.29. The number of likely N-dealkylation sites (tertiary alicyclic amines) is 1. The van der Waals surface area contributed by atoms with Crippen molar-refractivity contribution >= 4 is 29.3 Å². The Morgan fingerprint density at radius 3 is 2.65 bits per heavy atom. The van der Waals surface area contributed by atoms with E-state index < -0.39 is 5.97 Å². The number of nitrogen functional groups attached to an aromatic ring is 1. The second-order valence-corrected chi connectivity index (χ2v) is 4.97. The van der Waals surface area contributed by atoms with Gasteiger partial charge in [0.1, 0.15) is 16.5 Å². The van der Waals surface area contributed by atoms with Crippen molar-refractivity contribution in [2.24, 2.45) is 0 Å². The maximum absolute atomic E-state index is 11.9. The number of carbonyl (C=O) groups is 2. The SMILES string of the molecule is Nc1nc(Cl)ccc1C(=O)OCC(=O)N1CCCCC1. The Hall–Kier alpha value is -1.82. The Bertz CT molecular complexity index is 516. The summed E-state index contributed by atoms with van der Waals surface area (Å²) < 4.78 is 4.97. The lowest BCUT2D eigenvalue weighted by Crippen LogP contribution is -2.38. The van der Waals surface area contributed by atoms with E-state index in [1.807, 2.05) is 0 Å². The van der Waals surface area contributed by atoms with Crippen LogP contribution in [0, 0.1) is 0 Å². The van der Waals surface area contributed by atoms with Crippen LogP contribution in [0.5, 0.6) is 0 Å². The predicted octanol–water partition coefficient (Wildman–Crippen LogP) is 1.49. The van der Waals surface area contributed by atoms with E-state index in [0.717, 1.165) is 32.4 Å². The van der Waals surface area contributed by atoms with Crippen molar-refractivity contribution in [2.75, 3.05) is 25.4 Å². The number of amides is 1.